The van der Waals surface area contributed by atoms with E-state index in [1.54, 1.807) is 32.9 Å². The Hall–Kier alpha value is -1.09. The highest BCUT2D eigenvalue weighted by molar-refractivity contribution is 7.87. The molecule has 18 heavy (non-hydrogen) atoms. The van der Waals surface area contributed by atoms with Crippen LogP contribution in [0, 0.1) is 0 Å². The van der Waals surface area contributed by atoms with Gasteiger partial charge in [0, 0.05) is 11.0 Å². The van der Waals surface area contributed by atoms with Gasteiger partial charge in [-0.2, -0.15) is 8.42 Å². The molecule has 0 fully saturated rings. The number of nitrogens with zero attached hydrogens (tertiary/aromatic N) is 1. The van der Waals surface area contributed by atoms with Crippen LogP contribution in [0.3, 0.4) is 0 Å². The van der Waals surface area contributed by atoms with E-state index in [-0.39, 0.29) is 11.2 Å². The quantitative estimate of drug-likeness (QED) is 0.522. The van der Waals surface area contributed by atoms with Gasteiger partial charge in [0.15, 0.2) is 0 Å². The van der Waals surface area contributed by atoms with Gasteiger partial charge in [-0.25, -0.2) is 4.31 Å². The Morgan fingerprint density at radius 2 is 1.67 bits per heavy atom. The van der Waals surface area contributed by atoms with Crippen LogP contribution >= 0.6 is 0 Å². The van der Waals surface area contributed by atoms with Gasteiger partial charge in [-0.1, -0.05) is 18.2 Å². The van der Waals surface area contributed by atoms with Crippen molar-refractivity contribution in [3.8, 4) is 0 Å². The van der Waals surface area contributed by atoms with Gasteiger partial charge in [0.1, 0.15) is 0 Å². The third kappa shape index (κ3) is 3.23. The van der Waals surface area contributed by atoms with Gasteiger partial charge < -0.3 is 10.0 Å². The predicted molar refractivity (Wildman–Crippen MR) is 70.0 cm³/mol. The maximum atomic E-state index is 11.5. The zero-order chi connectivity index (χ0) is 14.1. The van der Waals surface area contributed by atoms with E-state index in [1.165, 1.54) is 12.1 Å². The Labute approximate surface area is 107 Å². The summed E-state index contributed by atoms with van der Waals surface area (Å²) in [4.78, 5) is 0. The van der Waals surface area contributed by atoms with E-state index >= 15 is 0 Å². The summed E-state index contributed by atoms with van der Waals surface area (Å²) in [5, 5.41) is 18.5. The van der Waals surface area contributed by atoms with E-state index in [1.807, 2.05) is 0 Å². The molecule has 0 heterocycles. The first-order chi connectivity index (χ1) is 8.05. The van der Waals surface area contributed by atoms with Gasteiger partial charge in [-0.15, -0.1) is 0 Å². The van der Waals surface area contributed by atoms with Crippen molar-refractivity contribution in [3.63, 3.8) is 0 Å². The first-order valence-electron chi connectivity index (χ1n) is 5.28. The molecule has 100 valence electrons. The average molecular weight is 273 g/mol. The zero-order valence-electron chi connectivity index (χ0n) is 10.4. The molecular formula is C10H16BNO5S. The van der Waals surface area contributed by atoms with Crippen LogP contribution in [0.25, 0.3) is 0 Å². The SMILES string of the molecule is CC(C)(C)N(c1ccccc1B(O)O)S(=O)(=O)O. The minimum absolute atomic E-state index is 0.00468. The molecule has 1 rings (SSSR count). The van der Waals surface area contributed by atoms with Crippen molar-refractivity contribution < 1.29 is 23.0 Å². The van der Waals surface area contributed by atoms with Crippen molar-refractivity contribution in [3.05, 3.63) is 24.3 Å². The maximum Gasteiger partial charge on any atom is 0.490 e. The van der Waals surface area contributed by atoms with Crippen LogP contribution in [0.5, 0.6) is 0 Å². The van der Waals surface area contributed by atoms with Gasteiger partial charge in [0.25, 0.3) is 0 Å². The average Bonchev–Trinajstić information content (AvgIpc) is 2.13. The molecule has 1 aromatic rings. The van der Waals surface area contributed by atoms with Crippen LogP contribution in [0.1, 0.15) is 20.8 Å². The lowest BCUT2D eigenvalue weighted by molar-refractivity contribution is 0.425. The third-order valence-corrected chi connectivity index (χ3v) is 3.48. The van der Waals surface area contributed by atoms with E-state index in [2.05, 4.69) is 0 Å². The van der Waals surface area contributed by atoms with Crippen LogP contribution in [0.15, 0.2) is 24.3 Å². The smallest absolute Gasteiger partial charge is 0.423 e. The largest absolute Gasteiger partial charge is 0.490 e. The van der Waals surface area contributed by atoms with E-state index in [0.717, 1.165) is 4.31 Å². The molecule has 0 saturated carbocycles. The fourth-order valence-corrected chi connectivity index (χ4v) is 2.83. The number of hydrogen-bond donors (Lipinski definition) is 3. The number of anilines is 1. The van der Waals surface area contributed by atoms with Crippen molar-refractivity contribution in [1.82, 2.24) is 0 Å². The zero-order valence-corrected chi connectivity index (χ0v) is 11.2. The van der Waals surface area contributed by atoms with Crippen molar-refractivity contribution in [2.24, 2.45) is 0 Å². The molecule has 6 nitrogen and oxygen atoms in total. The second kappa shape index (κ2) is 4.89. The van der Waals surface area contributed by atoms with Crippen LogP contribution in [0.4, 0.5) is 5.69 Å². The summed E-state index contributed by atoms with van der Waals surface area (Å²) in [7, 11) is -6.35. The van der Waals surface area contributed by atoms with E-state index in [0.29, 0.717) is 0 Å². The van der Waals surface area contributed by atoms with Crippen LogP contribution in [-0.4, -0.2) is 35.7 Å². The molecule has 0 aliphatic heterocycles. The first-order valence-corrected chi connectivity index (χ1v) is 6.68. The summed E-state index contributed by atoms with van der Waals surface area (Å²) in [5.41, 5.74) is -0.911. The second-order valence-electron chi connectivity index (χ2n) is 4.85. The Morgan fingerprint density at radius 3 is 2.06 bits per heavy atom. The van der Waals surface area contributed by atoms with Gasteiger partial charge >= 0.3 is 17.4 Å². The molecule has 0 atom stereocenters. The molecule has 0 amide bonds. The molecular weight excluding hydrogens is 257 g/mol. The molecule has 0 aliphatic carbocycles. The Kier molecular flexibility index (Phi) is 4.07. The van der Waals surface area contributed by atoms with Gasteiger partial charge in [0.05, 0.1) is 5.69 Å². The lowest BCUT2D eigenvalue weighted by Gasteiger charge is -2.35. The van der Waals surface area contributed by atoms with Gasteiger partial charge in [-0.05, 0) is 26.8 Å². The monoisotopic (exact) mass is 273 g/mol. The Bertz CT molecular complexity index is 523. The lowest BCUT2D eigenvalue weighted by Crippen LogP contribution is -2.49. The Balaban J connectivity index is 3.50. The minimum atomic E-state index is -4.52. The topological polar surface area (TPSA) is 98.1 Å². The van der Waals surface area contributed by atoms with Gasteiger partial charge in [0.2, 0.25) is 0 Å². The summed E-state index contributed by atoms with van der Waals surface area (Å²) >= 11 is 0. The molecule has 0 aromatic heterocycles. The molecule has 0 aliphatic rings. The van der Waals surface area contributed by atoms with Crippen molar-refractivity contribution >= 4 is 28.6 Å². The highest BCUT2D eigenvalue weighted by atomic mass is 32.2. The summed E-state index contributed by atoms with van der Waals surface area (Å²) in [5.74, 6) is 0. The Morgan fingerprint density at radius 1 is 1.17 bits per heavy atom. The van der Waals surface area contributed by atoms with E-state index in [4.69, 9.17) is 0 Å². The molecule has 0 unspecified atom stereocenters. The highest BCUT2D eigenvalue weighted by Crippen LogP contribution is 2.25. The van der Waals surface area contributed by atoms with Crippen LogP contribution in [0.2, 0.25) is 0 Å². The number of para-hydroxylation sites is 1. The minimum Gasteiger partial charge on any atom is -0.423 e. The molecule has 0 radical (unpaired) electrons. The van der Waals surface area contributed by atoms with Gasteiger partial charge in [-0.3, -0.25) is 4.55 Å². The number of benzene rings is 1. The lowest BCUT2D eigenvalue weighted by atomic mass is 9.78. The fraction of sp³-hybridized carbons (Fsp3) is 0.400. The summed E-state index contributed by atoms with van der Waals surface area (Å²) in [6.07, 6.45) is 0. The maximum absolute atomic E-state index is 11.5. The first kappa shape index (κ1) is 15.0. The standard InChI is InChI=1S/C10H16BNO5S/c1-10(2,3)12(18(15,16)17)9-7-5-4-6-8(9)11(13)14/h4-7,13-14H,1-3H3,(H,15,16,17). The molecule has 3 N–H and O–H groups in total. The van der Waals surface area contributed by atoms with Crippen LogP contribution in [-0.2, 0) is 10.3 Å². The van der Waals surface area contributed by atoms with Crippen molar-refractivity contribution in [1.29, 1.82) is 0 Å². The molecule has 1 aromatic carbocycles. The van der Waals surface area contributed by atoms with Crippen LogP contribution < -0.4 is 9.77 Å². The summed E-state index contributed by atoms with van der Waals surface area (Å²) < 4.78 is 33.0. The highest BCUT2D eigenvalue weighted by Gasteiger charge is 2.34. The van der Waals surface area contributed by atoms with E-state index in [9.17, 15) is 23.0 Å². The molecule has 0 saturated heterocycles. The molecule has 0 bridgehead atoms. The van der Waals surface area contributed by atoms with Crippen molar-refractivity contribution in [2.45, 2.75) is 26.3 Å². The predicted octanol–water partition coefficient (Wildman–Crippen LogP) is -0.226. The van der Waals surface area contributed by atoms with E-state index < -0.39 is 23.0 Å². The molecule has 0 spiro atoms. The summed E-state index contributed by atoms with van der Waals surface area (Å²) in [6, 6.07) is 5.87. The number of rotatable bonds is 3. The second-order valence-corrected chi connectivity index (χ2v) is 6.11. The number of hydrogen-bond acceptors (Lipinski definition) is 4. The fourth-order valence-electron chi connectivity index (χ4n) is 1.72. The third-order valence-electron chi connectivity index (χ3n) is 2.27. The normalized spacial score (nSPS) is 12.3. The van der Waals surface area contributed by atoms with Crippen molar-refractivity contribution in [2.75, 3.05) is 4.31 Å². The summed E-state index contributed by atoms with van der Waals surface area (Å²) in [6.45, 7) is 4.75. The molecule has 8 heteroatoms.